The number of amides is 1. The van der Waals surface area contributed by atoms with Gasteiger partial charge in [0.15, 0.2) is 5.65 Å². The van der Waals surface area contributed by atoms with Crippen LogP contribution < -0.4 is 10.2 Å². The number of ether oxygens (including phenoxy) is 1. The van der Waals surface area contributed by atoms with Crippen molar-refractivity contribution in [3.63, 3.8) is 0 Å². The van der Waals surface area contributed by atoms with Crippen molar-refractivity contribution in [3.8, 4) is 11.3 Å². The fourth-order valence-corrected chi connectivity index (χ4v) is 5.90. The Kier molecular flexibility index (Phi) is 6.83. The first-order chi connectivity index (χ1) is 20.5. The molecule has 2 fully saturated rings. The van der Waals surface area contributed by atoms with Crippen LogP contribution in [-0.2, 0) is 11.3 Å². The molecule has 0 spiro atoms. The van der Waals surface area contributed by atoms with Crippen LogP contribution in [0.5, 0.6) is 0 Å². The molecule has 42 heavy (non-hydrogen) atoms. The van der Waals surface area contributed by atoms with Gasteiger partial charge in [0.25, 0.3) is 5.91 Å². The number of halogens is 1. The number of fused-ring (bicyclic) bond motifs is 2. The standard InChI is InChI=1S/C31H32FN7O3/c1-37(16-19-6-3-2-4-7-19)28-14-25(35-30-21(15-34-39(28)30)31(41)36-24-9-10-27(24)40)22-17-38(26-11-13-42-18-23(26)32)29-20(22)8-5-12-33-29/h2-8,12,14-15,17,23-24,26-27,40H,9-11,13,16,18H2,1H3,(H,36,41)/t23-,24?,26-,27-/m1/s1. The lowest BCUT2D eigenvalue weighted by atomic mass is 9.89. The second kappa shape index (κ2) is 10.8. The van der Waals surface area contributed by atoms with Gasteiger partial charge in [-0.1, -0.05) is 30.3 Å². The number of anilines is 1. The second-order valence-corrected chi connectivity index (χ2v) is 11.1. The van der Waals surface area contributed by atoms with Crippen molar-refractivity contribution < 1.29 is 19.0 Å². The van der Waals surface area contributed by atoms with Crippen LogP contribution in [0.4, 0.5) is 10.2 Å². The summed E-state index contributed by atoms with van der Waals surface area (Å²) in [6.45, 7) is 1.13. The Morgan fingerprint density at radius 2 is 2.02 bits per heavy atom. The lowest BCUT2D eigenvalue weighted by Crippen LogP contribution is -2.50. The molecule has 11 heteroatoms. The molecule has 10 nitrogen and oxygen atoms in total. The van der Waals surface area contributed by atoms with E-state index in [1.807, 2.05) is 54.2 Å². The molecule has 2 aliphatic rings. The Hall–Kier alpha value is -4.35. The van der Waals surface area contributed by atoms with Crippen molar-refractivity contribution in [2.24, 2.45) is 0 Å². The average Bonchev–Trinajstić information content (AvgIpc) is 3.61. The van der Waals surface area contributed by atoms with Crippen LogP contribution in [0.3, 0.4) is 0 Å². The minimum Gasteiger partial charge on any atom is -0.391 e. The minimum atomic E-state index is -1.15. The SMILES string of the molecule is CN(Cc1ccccc1)c1cc(-c2cn([C@@H]3CCOC[C@H]3F)c3ncccc23)nc2c(C(=O)NC3CC[C@H]3O)cnn12. The number of alkyl halides is 1. The van der Waals surface area contributed by atoms with Gasteiger partial charge in [0.05, 0.1) is 36.7 Å². The third-order valence-corrected chi connectivity index (χ3v) is 8.38. The number of rotatable bonds is 7. The normalized spacial score (nSPS) is 22.3. The van der Waals surface area contributed by atoms with Crippen molar-refractivity contribution in [3.05, 3.63) is 78.2 Å². The number of benzene rings is 1. The Labute approximate surface area is 241 Å². The number of hydrogen-bond acceptors (Lipinski definition) is 7. The predicted octanol–water partition coefficient (Wildman–Crippen LogP) is 3.94. The summed E-state index contributed by atoms with van der Waals surface area (Å²) in [5.41, 5.74) is 3.91. The highest BCUT2D eigenvalue weighted by Crippen LogP contribution is 2.36. The molecule has 4 aromatic heterocycles. The Bertz CT molecular complexity index is 1750. The van der Waals surface area contributed by atoms with Gasteiger partial charge in [0.1, 0.15) is 23.2 Å². The first-order valence-corrected chi connectivity index (χ1v) is 14.3. The summed E-state index contributed by atoms with van der Waals surface area (Å²) < 4.78 is 24.0. The summed E-state index contributed by atoms with van der Waals surface area (Å²) in [4.78, 5) is 25.0. The van der Waals surface area contributed by atoms with Gasteiger partial charge in [0, 0.05) is 49.6 Å². The molecule has 4 atom stereocenters. The molecule has 5 heterocycles. The molecular formula is C31H32FN7O3. The van der Waals surface area contributed by atoms with E-state index in [0.717, 1.165) is 28.8 Å². The van der Waals surface area contributed by atoms with E-state index < -0.39 is 18.3 Å². The number of aliphatic hydroxyl groups excluding tert-OH is 1. The lowest BCUT2D eigenvalue weighted by Gasteiger charge is -2.32. The molecule has 7 rings (SSSR count). The van der Waals surface area contributed by atoms with E-state index in [4.69, 9.17) is 9.72 Å². The molecule has 1 saturated carbocycles. The number of nitrogens with one attached hydrogen (secondary N) is 1. The summed E-state index contributed by atoms with van der Waals surface area (Å²) in [6, 6.07) is 15.2. The van der Waals surface area contributed by atoms with Gasteiger partial charge >= 0.3 is 0 Å². The molecule has 0 radical (unpaired) electrons. The Morgan fingerprint density at radius 3 is 2.79 bits per heavy atom. The zero-order valence-corrected chi connectivity index (χ0v) is 23.2. The van der Waals surface area contributed by atoms with Gasteiger partial charge in [-0.2, -0.15) is 9.61 Å². The fourth-order valence-electron chi connectivity index (χ4n) is 5.90. The van der Waals surface area contributed by atoms with Crippen LogP contribution in [0.25, 0.3) is 27.9 Å². The number of aromatic nitrogens is 5. The average molecular weight is 570 g/mol. The van der Waals surface area contributed by atoms with E-state index >= 15 is 4.39 Å². The van der Waals surface area contributed by atoms with Crippen LogP contribution in [0.2, 0.25) is 0 Å². The Balaban J connectivity index is 1.37. The number of carbonyl (C=O) groups is 1. The van der Waals surface area contributed by atoms with Crippen molar-refractivity contribution in [1.82, 2.24) is 29.5 Å². The van der Waals surface area contributed by atoms with Crippen molar-refractivity contribution in [2.75, 3.05) is 25.2 Å². The van der Waals surface area contributed by atoms with Crippen molar-refractivity contribution >= 4 is 28.4 Å². The van der Waals surface area contributed by atoms with E-state index in [1.165, 1.54) is 6.20 Å². The zero-order chi connectivity index (χ0) is 28.8. The topological polar surface area (TPSA) is 110 Å². The summed E-state index contributed by atoms with van der Waals surface area (Å²) in [5.74, 6) is 0.405. The summed E-state index contributed by atoms with van der Waals surface area (Å²) in [7, 11) is 1.97. The van der Waals surface area contributed by atoms with Gasteiger partial charge in [0.2, 0.25) is 0 Å². The highest BCUT2D eigenvalue weighted by molar-refractivity contribution is 6.01. The van der Waals surface area contributed by atoms with Gasteiger partial charge < -0.3 is 24.6 Å². The van der Waals surface area contributed by atoms with Crippen LogP contribution >= 0.6 is 0 Å². The lowest BCUT2D eigenvalue weighted by molar-refractivity contribution is 0.00443. The summed E-state index contributed by atoms with van der Waals surface area (Å²) in [5, 5.41) is 18.4. The molecule has 1 aromatic carbocycles. The van der Waals surface area contributed by atoms with Crippen LogP contribution in [0.1, 0.15) is 41.2 Å². The highest BCUT2D eigenvalue weighted by Gasteiger charge is 2.32. The predicted molar refractivity (Wildman–Crippen MR) is 156 cm³/mol. The maximum absolute atomic E-state index is 15.1. The number of nitrogens with zero attached hydrogens (tertiary/aromatic N) is 6. The molecule has 1 saturated heterocycles. The molecule has 0 bridgehead atoms. The van der Waals surface area contributed by atoms with Gasteiger partial charge in [-0.3, -0.25) is 4.79 Å². The van der Waals surface area contributed by atoms with Crippen molar-refractivity contribution in [2.45, 2.75) is 50.2 Å². The number of pyridine rings is 1. The highest BCUT2D eigenvalue weighted by atomic mass is 19.1. The largest absolute Gasteiger partial charge is 0.391 e. The van der Waals surface area contributed by atoms with Crippen molar-refractivity contribution in [1.29, 1.82) is 0 Å². The molecule has 216 valence electrons. The molecular weight excluding hydrogens is 537 g/mol. The quantitative estimate of drug-likeness (QED) is 0.306. The van der Waals surface area contributed by atoms with E-state index in [2.05, 4.69) is 32.4 Å². The number of carbonyl (C=O) groups excluding carboxylic acids is 1. The summed E-state index contributed by atoms with van der Waals surface area (Å²) in [6.07, 6.45) is 5.38. The summed E-state index contributed by atoms with van der Waals surface area (Å²) >= 11 is 0. The molecule has 1 aliphatic heterocycles. The van der Waals surface area contributed by atoms with E-state index in [-0.39, 0.29) is 18.6 Å². The van der Waals surface area contributed by atoms with E-state index in [0.29, 0.717) is 48.5 Å². The third kappa shape index (κ3) is 4.68. The second-order valence-electron chi connectivity index (χ2n) is 11.1. The van der Waals surface area contributed by atoms with E-state index in [9.17, 15) is 9.90 Å². The maximum atomic E-state index is 15.1. The molecule has 1 aliphatic carbocycles. The first kappa shape index (κ1) is 26.5. The molecule has 2 N–H and O–H groups in total. The van der Waals surface area contributed by atoms with Gasteiger partial charge in [-0.15, -0.1) is 0 Å². The minimum absolute atomic E-state index is 0.0507. The third-order valence-electron chi connectivity index (χ3n) is 8.38. The van der Waals surface area contributed by atoms with Crippen LogP contribution in [-0.4, -0.2) is 73.7 Å². The van der Waals surface area contributed by atoms with Gasteiger partial charge in [-0.25, -0.2) is 14.4 Å². The Morgan fingerprint density at radius 1 is 1.17 bits per heavy atom. The number of hydrogen-bond donors (Lipinski definition) is 2. The zero-order valence-electron chi connectivity index (χ0n) is 23.2. The molecule has 1 unspecified atom stereocenters. The monoisotopic (exact) mass is 569 g/mol. The fraction of sp³-hybridized carbons (Fsp3) is 0.355. The smallest absolute Gasteiger partial charge is 0.257 e. The van der Waals surface area contributed by atoms with Crippen LogP contribution in [0.15, 0.2) is 67.1 Å². The molecule has 5 aromatic rings. The first-order valence-electron chi connectivity index (χ1n) is 14.3. The number of aliphatic hydroxyl groups is 1. The molecule has 1 amide bonds. The van der Waals surface area contributed by atoms with E-state index in [1.54, 1.807) is 10.7 Å². The van der Waals surface area contributed by atoms with Gasteiger partial charge in [-0.05, 0) is 37.0 Å². The maximum Gasteiger partial charge on any atom is 0.257 e. The van der Waals surface area contributed by atoms with Crippen LogP contribution in [0, 0.1) is 0 Å².